The highest BCUT2D eigenvalue weighted by atomic mass is 16.5. The third-order valence-electron chi connectivity index (χ3n) is 5.27. The van der Waals surface area contributed by atoms with Crippen molar-refractivity contribution in [2.45, 2.75) is 38.3 Å². The molecule has 0 spiro atoms. The number of piperidine rings is 1. The summed E-state index contributed by atoms with van der Waals surface area (Å²) in [7, 11) is 0. The van der Waals surface area contributed by atoms with Crippen LogP contribution < -0.4 is 5.32 Å². The standard InChI is InChI=1S/C19H30N4O3/c1-15-3-4-17(20-13-15)19(25)5-7-23(8-6-19)18(24)21-16(2)14-22-9-11-26-12-10-22/h3-4,13,16,25H,5-12,14H2,1-2H3,(H,21,24)/t16-/m0/s1. The fourth-order valence-corrected chi connectivity index (χ4v) is 3.60. The zero-order valence-electron chi connectivity index (χ0n) is 15.8. The molecular formula is C19H30N4O3. The highest BCUT2D eigenvalue weighted by molar-refractivity contribution is 5.74. The Morgan fingerprint density at radius 1 is 1.31 bits per heavy atom. The Kier molecular flexibility index (Phi) is 6.11. The van der Waals surface area contributed by atoms with Crippen LogP contribution in [0.2, 0.25) is 0 Å². The summed E-state index contributed by atoms with van der Waals surface area (Å²) in [5, 5.41) is 14.0. The zero-order chi connectivity index (χ0) is 18.6. The fraction of sp³-hybridized carbons (Fsp3) is 0.684. The smallest absolute Gasteiger partial charge is 0.317 e. The first-order valence-corrected chi connectivity index (χ1v) is 9.47. The topological polar surface area (TPSA) is 77.9 Å². The van der Waals surface area contributed by atoms with E-state index in [1.54, 1.807) is 11.1 Å². The van der Waals surface area contributed by atoms with Crippen molar-refractivity contribution in [2.75, 3.05) is 45.9 Å². The van der Waals surface area contributed by atoms with Gasteiger partial charge in [0.05, 0.1) is 18.9 Å². The summed E-state index contributed by atoms with van der Waals surface area (Å²) in [6, 6.07) is 3.88. The van der Waals surface area contributed by atoms with Gasteiger partial charge in [0, 0.05) is 45.0 Å². The van der Waals surface area contributed by atoms with Crippen molar-refractivity contribution in [3.8, 4) is 0 Å². The Balaban J connectivity index is 1.47. The number of hydrogen-bond acceptors (Lipinski definition) is 5. The highest BCUT2D eigenvalue weighted by Crippen LogP contribution is 2.31. The van der Waals surface area contributed by atoms with Crippen molar-refractivity contribution < 1.29 is 14.6 Å². The third kappa shape index (κ3) is 4.72. The Morgan fingerprint density at radius 3 is 2.62 bits per heavy atom. The molecule has 2 fully saturated rings. The number of carbonyl (C=O) groups is 1. The van der Waals surface area contributed by atoms with Crippen LogP contribution in [0.5, 0.6) is 0 Å². The second-order valence-corrected chi connectivity index (χ2v) is 7.50. The van der Waals surface area contributed by atoms with Gasteiger partial charge >= 0.3 is 6.03 Å². The molecule has 2 N–H and O–H groups in total. The first-order valence-electron chi connectivity index (χ1n) is 9.47. The lowest BCUT2D eigenvalue weighted by atomic mass is 9.87. The fourth-order valence-electron chi connectivity index (χ4n) is 3.60. The van der Waals surface area contributed by atoms with Crippen molar-refractivity contribution in [1.29, 1.82) is 0 Å². The summed E-state index contributed by atoms with van der Waals surface area (Å²) in [6.45, 7) is 9.26. The Morgan fingerprint density at radius 2 is 2.00 bits per heavy atom. The van der Waals surface area contributed by atoms with Gasteiger partial charge < -0.3 is 20.1 Å². The maximum absolute atomic E-state index is 12.5. The molecule has 2 amide bonds. The maximum Gasteiger partial charge on any atom is 0.317 e. The molecule has 0 radical (unpaired) electrons. The molecule has 2 saturated heterocycles. The van der Waals surface area contributed by atoms with Crippen molar-refractivity contribution in [2.24, 2.45) is 0 Å². The Labute approximate surface area is 155 Å². The van der Waals surface area contributed by atoms with Gasteiger partial charge in [-0.1, -0.05) is 6.07 Å². The molecule has 7 heteroatoms. The summed E-state index contributed by atoms with van der Waals surface area (Å²) in [6.07, 6.45) is 2.79. The molecule has 1 aromatic heterocycles. The lowest BCUT2D eigenvalue weighted by Crippen LogP contribution is -2.53. The predicted octanol–water partition coefficient (Wildman–Crippen LogP) is 1.10. The number of likely N-dealkylation sites (tertiary alicyclic amines) is 1. The number of aromatic nitrogens is 1. The number of amides is 2. The van der Waals surface area contributed by atoms with Gasteiger partial charge in [-0.3, -0.25) is 9.88 Å². The van der Waals surface area contributed by atoms with Crippen molar-refractivity contribution in [3.05, 3.63) is 29.6 Å². The number of nitrogens with one attached hydrogen (secondary N) is 1. The summed E-state index contributed by atoms with van der Waals surface area (Å²) >= 11 is 0. The number of nitrogens with zero attached hydrogens (tertiary/aromatic N) is 3. The highest BCUT2D eigenvalue weighted by Gasteiger charge is 2.36. The van der Waals surface area contributed by atoms with Gasteiger partial charge in [0.2, 0.25) is 0 Å². The molecule has 2 aliphatic heterocycles. The van der Waals surface area contributed by atoms with E-state index in [1.165, 1.54) is 0 Å². The van der Waals surface area contributed by atoms with E-state index in [9.17, 15) is 9.90 Å². The number of urea groups is 1. The largest absolute Gasteiger partial charge is 0.383 e. The normalized spacial score (nSPS) is 22.0. The quantitative estimate of drug-likeness (QED) is 0.839. The van der Waals surface area contributed by atoms with Gasteiger partial charge in [0.15, 0.2) is 0 Å². The molecule has 0 aromatic carbocycles. The van der Waals surface area contributed by atoms with Gasteiger partial charge in [0.25, 0.3) is 0 Å². The van der Waals surface area contributed by atoms with Gasteiger partial charge in [-0.05, 0) is 38.3 Å². The van der Waals surface area contributed by atoms with Crippen molar-refractivity contribution in [1.82, 2.24) is 20.1 Å². The number of rotatable bonds is 4. The summed E-state index contributed by atoms with van der Waals surface area (Å²) in [5.41, 5.74) is 0.830. The van der Waals surface area contributed by atoms with Crippen molar-refractivity contribution >= 4 is 6.03 Å². The molecule has 2 aliphatic rings. The molecule has 0 bridgehead atoms. The number of pyridine rings is 1. The van der Waals surface area contributed by atoms with Crippen molar-refractivity contribution in [3.63, 3.8) is 0 Å². The average Bonchev–Trinajstić information content (AvgIpc) is 2.63. The van der Waals surface area contributed by atoms with Crippen LogP contribution in [0, 0.1) is 6.92 Å². The second kappa shape index (κ2) is 8.33. The molecule has 26 heavy (non-hydrogen) atoms. The number of ether oxygens (including phenoxy) is 1. The molecule has 0 aliphatic carbocycles. The van der Waals surface area contributed by atoms with Gasteiger partial charge in [-0.2, -0.15) is 0 Å². The third-order valence-corrected chi connectivity index (χ3v) is 5.27. The summed E-state index contributed by atoms with van der Waals surface area (Å²) < 4.78 is 5.35. The van der Waals surface area contributed by atoms with Crippen LogP contribution in [0.4, 0.5) is 4.79 Å². The summed E-state index contributed by atoms with van der Waals surface area (Å²) in [5.74, 6) is 0. The zero-order valence-corrected chi connectivity index (χ0v) is 15.8. The summed E-state index contributed by atoms with van der Waals surface area (Å²) in [4.78, 5) is 21.0. The Bertz CT molecular complexity index is 593. The second-order valence-electron chi connectivity index (χ2n) is 7.50. The van der Waals surface area contributed by atoms with Gasteiger partial charge in [-0.15, -0.1) is 0 Å². The molecular weight excluding hydrogens is 332 g/mol. The molecule has 0 saturated carbocycles. The predicted molar refractivity (Wildman–Crippen MR) is 98.9 cm³/mol. The minimum Gasteiger partial charge on any atom is -0.383 e. The van der Waals surface area contributed by atoms with Crippen LogP contribution in [-0.2, 0) is 10.3 Å². The Hall–Kier alpha value is -1.70. The van der Waals surface area contributed by atoms with E-state index in [1.807, 2.05) is 26.0 Å². The van der Waals surface area contributed by atoms with Crippen LogP contribution >= 0.6 is 0 Å². The molecule has 7 nitrogen and oxygen atoms in total. The number of aliphatic hydroxyl groups is 1. The molecule has 1 atom stereocenters. The van der Waals surface area contributed by atoms with Crippen LogP contribution in [0.25, 0.3) is 0 Å². The van der Waals surface area contributed by atoms with Crippen LogP contribution in [0.1, 0.15) is 31.0 Å². The SMILES string of the molecule is Cc1ccc(C2(O)CCN(C(=O)N[C@@H](C)CN3CCOCC3)CC2)nc1. The van der Waals surface area contributed by atoms with E-state index in [0.717, 1.165) is 38.4 Å². The van der Waals surface area contributed by atoms with Gasteiger partial charge in [-0.25, -0.2) is 4.79 Å². The van der Waals surface area contributed by atoms with Crippen LogP contribution in [0.15, 0.2) is 18.3 Å². The van der Waals surface area contributed by atoms with Crippen LogP contribution in [0.3, 0.4) is 0 Å². The van der Waals surface area contributed by atoms with Crippen LogP contribution in [-0.4, -0.2) is 77.9 Å². The molecule has 0 unspecified atom stereocenters. The lowest BCUT2D eigenvalue weighted by molar-refractivity contribution is -0.0206. The monoisotopic (exact) mass is 362 g/mol. The van der Waals surface area contributed by atoms with E-state index >= 15 is 0 Å². The van der Waals surface area contributed by atoms with E-state index in [-0.39, 0.29) is 12.1 Å². The van der Waals surface area contributed by atoms with E-state index in [4.69, 9.17) is 4.74 Å². The number of aryl methyl sites for hydroxylation is 1. The van der Waals surface area contributed by atoms with E-state index < -0.39 is 5.60 Å². The van der Waals surface area contributed by atoms with E-state index in [2.05, 4.69) is 15.2 Å². The molecule has 144 valence electrons. The minimum atomic E-state index is -0.941. The molecule has 3 rings (SSSR count). The van der Waals surface area contributed by atoms with Gasteiger partial charge in [0.1, 0.15) is 5.60 Å². The van der Waals surface area contributed by atoms with E-state index in [0.29, 0.717) is 31.6 Å². The molecule has 3 heterocycles. The number of carbonyl (C=O) groups excluding carboxylic acids is 1. The first kappa shape index (κ1) is 19.1. The molecule has 1 aromatic rings. The average molecular weight is 362 g/mol. The number of morpholine rings is 1. The maximum atomic E-state index is 12.5. The lowest BCUT2D eigenvalue weighted by Gasteiger charge is -2.38. The first-order chi connectivity index (χ1) is 12.5. The number of hydrogen-bond donors (Lipinski definition) is 2. The minimum absolute atomic E-state index is 0.0512.